The minimum absolute atomic E-state index is 0.125. The van der Waals surface area contributed by atoms with E-state index in [-0.39, 0.29) is 12.2 Å². The van der Waals surface area contributed by atoms with E-state index in [4.69, 9.17) is 0 Å². The molecular formula is C15H23N2O2+. The van der Waals surface area contributed by atoms with Gasteiger partial charge in [0.25, 0.3) is 0 Å². The van der Waals surface area contributed by atoms with E-state index in [1.807, 2.05) is 0 Å². The molecule has 2 N–H and O–H groups in total. The zero-order chi connectivity index (χ0) is 13.2. The van der Waals surface area contributed by atoms with Gasteiger partial charge in [0.1, 0.15) is 18.8 Å². The summed E-state index contributed by atoms with van der Waals surface area (Å²) in [6.07, 6.45) is 9.68. The van der Waals surface area contributed by atoms with E-state index in [2.05, 4.69) is 27.7 Å². The first-order valence-corrected chi connectivity index (χ1v) is 7.36. The van der Waals surface area contributed by atoms with Crippen LogP contribution in [0.25, 0.3) is 0 Å². The van der Waals surface area contributed by atoms with Gasteiger partial charge in [0.2, 0.25) is 5.71 Å². The van der Waals surface area contributed by atoms with Gasteiger partial charge in [0.05, 0.1) is 12.2 Å². The fourth-order valence-electron chi connectivity index (χ4n) is 3.15. The van der Waals surface area contributed by atoms with Gasteiger partial charge in [0, 0.05) is 32.0 Å². The van der Waals surface area contributed by atoms with Crippen LogP contribution in [-0.4, -0.2) is 63.8 Å². The normalized spacial score (nSPS) is 29.1. The zero-order valence-corrected chi connectivity index (χ0v) is 11.3. The van der Waals surface area contributed by atoms with E-state index in [1.165, 1.54) is 11.4 Å². The van der Waals surface area contributed by atoms with Gasteiger partial charge in [-0.2, -0.15) is 0 Å². The maximum atomic E-state index is 9.61. The quantitative estimate of drug-likeness (QED) is 0.678. The maximum absolute atomic E-state index is 9.61. The Morgan fingerprint density at radius 1 is 1.00 bits per heavy atom. The van der Waals surface area contributed by atoms with Crippen molar-refractivity contribution in [3.8, 4) is 0 Å². The molecule has 0 aromatic heterocycles. The third-order valence-electron chi connectivity index (χ3n) is 4.38. The molecule has 4 heteroatoms. The van der Waals surface area contributed by atoms with Gasteiger partial charge in [-0.05, 0) is 18.9 Å². The summed E-state index contributed by atoms with van der Waals surface area (Å²) in [5.41, 5.74) is 2.59. The summed E-state index contributed by atoms with van der Waals surface area (Å²) < 4.78 is 2.38. The van der Waals surface area contributed by atoms with Gasteiger partial charge >= 0.3 is 0 Å². The molecule has 0 amide bonds. The minimum Gasteiger partial charge on any atom is -0.393 e. The molecule has 0 spiro atoms. The lowest BCUT2D eigenvalue weighted by Gasteiger charge is -2.32. The van der Waals surface area contributed by atoms with Crippen LogP contribution in [0.15, 0.2) is 23.9 Å². The van der Waals surface area contributed by atoms with Crippen molar-refractivity contribution in [1.29, 1.82) is 0 Å². The molecule has 0 bridgehead atoms. The number of hydrogen-bond acceptors (Lipinski definition) is 3. The average molecular weight is 263 g/mol. The molecule has 3 rings (SSSR count). The third-order valence-corrected chi connectivity index (χ3v) is 4.38. The summed E-state index contributed by atoms with van der Waals surface area (Å²) in [5.74, 6) is 0. The molecule has 2 saturated heterocycles. The largest absolute Gasteiger partial charge is 0.393 e. The Bertz CT molecular complexity index is 421. The summed E-state index contributed by atoms with van der Waals surface area (Å²) >= 11 is 0. The fourth-order valence-corrected chi connectivity index (χ4v) is 3.15. The second kappa shape index (κ2) is 5.47. The zero-order valence-electron chi connectivity index (χ0n) is 11.3. The van der Waals surface area contributed by atoms with E-state index < -0.39 is 0 Å². The predicted molar refractivity (Wildman–Crippen MR) is 74.3 cm³/mol. The van der Waals surface area contributed by atoms with Crippen LogP contribution in [0.4, 0.5) is 0 Å². The number of aliphatic hydroxyl groups is 2. The summed E-state index contributed by atoms with van der Waals surface area (Å²) in [6, 6.07) is 0. The first kappa shape index (κ1) is 12.9. The highest BCUT2D eigenvalue weighted by Gasteiger charge is 2.29. The highest BCUT2D eigenvalue weighted by atomic mass is 16.3. The molecule has 0 radical (unpaired) electrons. The smallest absolute Gasteiger partial charge is 0.223 e. The van der Waals surface area contributed by atoms with Crippen molar-refractivity contribution in [1.82, 2.24) is 4.90 Å². The number of allylic oxidation sites excluding steroid dienone is 3. The lowest BCUT2D eigenvalue weighted by atomic mass is 10.1. The predicted octanol–water partition coefficient (Wildman–Crippen LogP) is 0.505. The van der Waals surface area contributed by atoms with Crippen molar-refractivity contribution in [3.05, 3.63) is 23.9 Å². The summed E-state index contributed by atoms with van der Waals surface area (Å²) in [5, 5.41) is 19.2. The molecule has 0 unspecified atom stereocenters. The van der Waals surface area contributed by atoms with Gasteiger partial charge in [-0.15, -0.1) is 0 Å². The van der Waals surface area contributed by atoms with E-state index >= 15 is 0 Å². The number of likely N-dealkylation sites (tertiary alicyclic amines) is 1. The van der Waals surface area contributed by atoms with Crippen molar-refractivity contribution in [2.75, 3.05) is 26.2 Å². The molecule has 104 valence electrons. The van der Waals surface area contributed by atoms with Crippen LogP contribution in [0.5, 0.6) is 0 Å². The number of hydrogen-bond donors (Lipinski definition) is 2. The summed E-state index contributed by atoms with van der Waals surface area (Å²) in [6.45, 7) is 3.76. The van der Waals surface area contributed by atoms with Crippen molar-refractivity contribution >= 4 is 5.71 Å². The van der Waals surface area contributed by atoms with E-state index in [1.54, 1.807) is 0 Å². The maximum Gasteiger partial charge on any atom is 0.223 e. The molecule has 3 aliphatic rings. The summed E-state index contributed by atoms with van der Waals surface area (Å²) in [4.78, 5) is 2.38. The van der Waals surface area contributed by atoms with Gasteiger partial charge in [-0.3, -0.25) is 0 Å². The topological polar surface area (TPSA) is 46.7 Å². The van der Waals surface area contributed by atoms with Crippen LogP contribution < -0.4 is 0 Å². The highest BCUT2D eigenvalue weighted by molar-refractivity contribution is 6.07. The molecule has 0 aromatic carbocycles. The Morgan fingerprint density at radius 2 is 1.63 bits per heavy atom. The van der Waals surface area contributed by atoms with Crippen LogP contribution in [0, 0.1) is 0 Å². The minimum atomic E-state index is -0.125. The second-order valence-corrected chi connectivity index (χ2v) is 5.73. The molecule has 0 aromatic rings. The number of aliphatic hydroxyl groups excluding tert-OH is 2. The number of rotatable bonds is 1. The van der Waals surface area contributed by atoms with Gasteiger partial charge in [-0.25, -0.2) is 4.58 Å². The van der Waals surface area contributed by atoms with Crippen molar-refractivity contribution < 1.29 is 14.8 Å². The van der Waals surface area contributed by atoms with E-state index in [9.17, 15) is 10.2 Å². The molecule has 2 fully saturated rings. The molecule has 1 aliphatic carbocycles. The molecular weight excluding hydrogens is 240 g/mol. The SMILES string of the molecule is OC1CCN(C2=CC=CC2=[N+]2CCC(O)CC2)CC1. The molecule has 0 saturated carbocycles. The fraction of sp³-hybridized carbons (Fsp3) is 0.667. The molecule has 0 atom stereocenters. The average Bonchev–Trinajstić information content (AvgIpc) is 2.90. The molecule has 2 heterocycles. The van der Waals surface area contributed by atoms with Crippen molar-refractivity contribution in [2.45, 2.75) is 37.9 Å². The van der Waals surface area contributed by atoms with Gasteiger partial charge < -0.3 is 15.1 Å². The molecule has 4 nitrogen and oxygen atoms in total. The van der Waals surface area contributed by atoms with Crippen molar-refractivity contribution in [2.24, 2.45) is 0 Å². The van der Waals surface area contributed by atoms with E-state index in [0.29, 0.717) is 0 Å². The Balaban J connectivity index is 1.74. The standard InChI is InChI=1S/C15H23N2O2/c18-12-4-8-16(9-5-12)14-2-1-3-15(14)17-10-6-13(19)7-11-17/h1-3,12-13,18-19H,4-11H2/q+1. The van der Waals surface area contributed by atoms with Crippen LogP contribution in [0.3, 0.4) is 0 Å². The first-order chi connectivity index (χ1) is 9.24. The molecule has 19 heavy (non-hydrogen) atoms. The van der Waals surface area contributed by atoms with Crippen LogP contribution in [-0.2, 0) is 0 Å². The monoisotopic (exact) mass is 263 g/mol. The van der Waals surface area contributed by atoms with Crippen LogP contribution in [0.2, 0.25) is 0 Å². The van der Waals surface area contributed by atoms with Gasteiger partial charge in [-0.1, -0.05) is 6.08 Å². The van der Waals surface area contributed by atoms with Crippen LogP contribution >= 0.6 is 0 Å². The number of piperidine rings is 2. The highest BCUT2D eigenvalue weighted by Crippen LogP contribution is 2.21. The lowest BCUT2D eigenvalue weighted by Crippen LogP contribution is -2.40. The second-order valence-electron chi connectivity index (χ2n) is 5.73. The molecule has 2 aliphatic heterocycles. The Labute approximate surface area is 114 Å². The summed E-state index contributed by atoms with van der Waals surface area (Å²) in [7, 11) is 0. The van der Waals surface area contributed by atoms with E-state index in [0.717, 1.165) is 51.9 Å². The third kappa shape index (κ3) is 2.74. The Hall–Kier alpha value is -1.13. The number of nitrogens with zero attached hydrogens (tertiary/aromatic N) is 2. The van der Waals surface area contributed by atoms with Crippen LogP contribution in [0.1, 0.15) is 25.7 Å². The van der Waals surface area contributed by atoms with Gasteiger partial charge in [0.15, 0.2) is 0 Å². The lowest BCUT2D eigenvalue weighted by molar-refractivity contribution is -0.540. The Morgan fingerprint density at radius 3 is 2.32 bits per heavy atom. The van der Waals surface area contributed by atoms with Crippen molar-refractivity contribution in [3.63, 3.8) is 0 Å². The first-order valence-electron chi connectivity index (χ1n) is 7.36. The Kier molecular flexibility index (Phi) is 3.71.